The molecule has 2 amide bonds. The van der Waals surface area contributed by atoms with Gasteiger partial charge in [-0.3, -0.25) is 9.59 Å². The zero-order chi connectivity index (χ0) is 22.6. The van der Waals surface area contributed by atoms with Crippen LogP contribution in [0.4, 0.5) is 4.79 Å². The Morgan fingerprint density at radius 2 is 1.53 bits per heavy atom. The van der Waals surface area contributed by atoms with E-state index in [1.165, 1.54) is 0 Å². The SMILES string of the molecule is CC(C)(NC(=O)OCC1c2ccccc2-c2ccccc21)C(=O)N1CC2C(C1)C2C(=O)O. The van der Waals surface area contributed by atoms with Crippen LogP contribution in [-0.2, 0) is 14.3 Å². The monoisotopic (exact) mass is 434 g/mol. The van der Waals surface area contributed by atoms with Gasteiger partial charge in [0.15, 0.2) is 0 Å². The summed E-state index contributed by atoms with van der Waals surface area (Å²) >= 11 is 0. The number of likely N-dealkylation sites (tertiary alicyclic amines) is 1. The van der Waals surface area contributed by atoms with Crippen LogP contribution in [-0.4, -0.2) is 53.2 Å². The van der Waals surface area contributed by atoms with Crippen LogP contribution in [0.3, 0.4) is 0 Å². The van der Waals surface area contributed by atoms with Crippen molar-refractivity contribution in [3.8, 4) is 11.1 Å². The van der Waals surface area contributed by atoms with Crippen molar-refractivity contribution in [1.29, 1.82) is 0 Å². The van der Waals surface area contributed by atoms with E-state index in [-0.39, 0.29) is 36.2 Å². The first-order valence-electron chi connectivity index (χ1n) is 10.9. The Bertz CT molecular complexity index is 1050. The molecular weight excluding hydrogens is 408 g/mol. The van der Waals surface area contributed by atoms with Crippen molar-refractivity contribution in [2.24, 2.45) is 17.8 Å². The zero-order valence-corrected chi connectivity index (χ0v) is 18.1. The summed E-state index contributed by atoms with van der Waals surface area (Å²) in [5, 5.41) is 11.9. The van der Waals surface area contributed by atoms with Crippen LogP contribution in [0, 0.1) is 17.8 Å². The molecule has 5 rings (SSSR count). The normalized spacial score (nSPS) is 23.2. The molecule has 2 aliphatic carbocycles. The number of carbonyl (C=O) groups excluding carboxylic acids is 2. The predicted molar refractivity (Wildman–Crippen MR) is 117 cm³/mol. The van der Waals surface area contributed by atoms with Crippen LogP contribution in [0.15, 0.2) is 48.5 Å². The Morgan fingerprint density at radius 3 is 2.06 bits per heavy atom. The molecular formula is C25H26N2O5. The first-order valence-corrected chi connectivity index (χ1v) is 10.9. The van der Waals surface area contributed by atoms with E-state index in [2.05, 4.69) is 29.6 Å². The van der Waals surface area contributed by atoms with E-state index in [4.69, 9.17) is 9.84 Å². The molecule has 0 radical (unpaired) electrons. The van der Waals surface area contributed by atoms with Gasteiger partial charge < -0.3 is 20.1 Å². The highest BCUT2D eigenvalue weighted by Crippen LogP contribution is 2.52. The van der Waals surface area contributed by atoms with E-state index < -0.39 is 17.6 Å². The van der Waals surface area contributed by atoms with E-state index in [0.717, 1.165) is 22.3 Å². The Kier molecular flexibility index (Phi) is 4.73. The second-order valence-corrected chi connectivity index (χ2v) is 9.48. The maximum absolute atomic E-state index is 12.9. The van der Waals surface area contributed by atoms with Gasteiger partial charge in [-0.25, -0.2) is 4.79 Å². The van der Waals surface area contributed by atoms with E-state index in [9.17, 15) is 14.4 Å². The molecule has 0 spiro atoms. The van der Waals surface area contributed by atoms with Crippen LogP contribution in [0.2, 0.25) is 0 Å². The summed E-state index contributed by atoms with van der Waals surface area (Å²) in [4.78, 5) is 38.3. The summed E-state index contributed by atoms with van der Waals surface area (Å²) in [5.41, 5.74) is 3.42. The number of nitrogens with one attached hydrogen (secondary N) is 1. The highest BCUT2D eigenvalue weighted by Gasteiger charge is 2.61. The molecule has 32 heavy (non-hydrogen) atoms. The van der Waals surface area contributed by atoms with Gasteiger partial charge in [-0.1, -0.05) is 48.5 Å². The molecule has 2 aromatic rings. The van der Waals surface area contributed by atoms with Gasteiger partial charge in [0.05, 0.1) is 5.92 Å². The largest absolute Gasteiger partial charge is 0.481 e. The summed E-state index contributed by atoms with van der Waals surface area (Å²) in [6.07, 6.45) is -0.641. The van der Waals surface area contributed by atoms with Gasteiger partial charge in [0, 0.05) is 19.0 Å². The van der Waals surface area contributed by atoms with E-state index >= 15 is 0 Å². The summed E-state index contributed by atoms with van der Waals surface area (Å²) in [7, 11) is 0. The van der Waals surface area contributed by atoms with Crippen LogP contribution in [0.5, 0.6) is 0 Å². The maximum Gasteiger partial charge on any atom is 0.408 e. The minimum atomic E-state index is -1.14. The van der Waals surface area contributed by atoms with Gasteiger partial charge in [0.1, 0.15) is 12.1 Å². The van der Waals surface area contributed by atoms with Crippen molar-refractivity contribution in [1.82, 2.24) is 10.2 Å². The Labute approximate surface area is 186 Å². The highest BCUT2D eigenvalue weighted by molar-refractivity contribution is 5.90. The lowest BCUT2D eigenvalue weighted by atomic mass is 9.98. The number of rotatable bonds is 5. The summed E-state index contributed by atoms with van der Waals surface area (Å²) in [6, 6.07) is 16.2. The average molecular weight is 434 g/mol. The Morgan fingerprint density at radius 1 is 1.00 bits per heavy atom. The van der Waals surface area contributed by atoms with Crippen molar-refractivity contribution in [2.45, 2.75) is 25.3 Å². The van der Waals surface area contributed by atoms with Gasteiger partial charge >= 0.3 is 12.1 Å². The first-order chi connectivity index (χ1) is 15.3. The van der Waals surface area contributed by atoms with Crippen molar-refractivity contribution in [2.75, 3.05) is 19.7 Å². The minimum Gasteiger partial charge on any atom is -0.481 e. The van der Waals surface area contributed by atoms with E-state index in [1.807, 2.05) is 24.3 Å². The number of piperidine rings is 1. The molecule has 166 valence electrons. The molecule has 0 aromatic heterocycles. The summed E-state index contributed by atoms with van der Waals surface area (Å²) < 4.78 is 5.57. The molecule has 2 aromatic carbocycles. The van der Waals surface area contributed by atoms with Crippen LogP contribution in [0.1, 0.15) is 30.9 Å². The standard InChI is InChI=1S/C25H26N2O5/c1-25(2,23(30)27-11-18-19(12-27)21(18)22(28)29)26-24(31)32-13-20-16-9-5-3-7-14(16)15-8-4-6-10-17(15)20/h3-10,18-21H,11-13H2,1-2H3,(H,26,31)(H,28,29). The Balaban J connectivity index is 1.20. The van der Waals surface area contributed by atoms with Crippen LogP contribution in [0.25, 0.3) is 11.1 Å². The highest BCUT2D eigenvalue weighted by atomic mass is 16.5. The molecule has 2 unspecified atom stereocenters. The predicted octanol–water partition coefficient (Wildman–Crippen LogP) is 3.09. The minimum absolute atomic E-state index is 0.0294. The number of alkyl carbamates (subject to hydrolysis) is 1. The molecule has 1 saturated heterocycles. The molecule has 2 N–H and O–H groups in total. The van der Waals surface area contributed by atoms with Crippen LogP contribution < -0.4 is 5.32 Å². The van der Waals surface area contributed by atoms with Crippen molar-refractivity contribution < 1.29 is 24.2 Å². The number of benzene rings is 2. The topological polar surface area (TPSA) is 95.9 Å². The van der Waals surface area contributed by atoms with Crippen molar-refractivity contribution >= 4 is 18.0 Å². The molecule has 2 fully saturated rings. The van der Waals surface area contributed by atoms with Crippen molar-refractivity contribution in [3.63, 3.8) is 0 Å². The van der Waals surface area contributed by atoms with E-state index in [1.54, 1.807) is 18.7 Å². The first kappa shape index (κ1) is 20.5. The third kappa shape index (κ3) is 3.32. The second-order valence-electron chi connectivity index (χ2n) is 9.48. The number of ether oxygens (including phenoxy) is 1. The smallest absolute Gasteiger partial charge is 0.408 e. The van der Waals surface area contributed by atoms with Gasteiger partial charge in [-0.05, 0) is 47.9 Å². The number of aliphatic carboxylic acids is 1. The van der Waals surface area contributed by atoms with Gasteiger partial charge in [0.25, 0.3) is 0 Å². The molecule has 7 heteroatoms. The van der Waals surface area contributed by atoms with Crippen molar-refractivity contribution in [3.05, 3.63) is 59.7 Å². The average Bonchev–Trinajstić information content (AvgIpc) is 3.12. The fourth-order valence-electron chi connectivity index (χ4n) is 5.40. The fourth-order valence-corrected chi connectivity index (χ4v) is 5.40. The molecule has 0 bridgehead atoms. The number of carboxylic acid groups (broad SMARTS) is 1. The third-order valence-corrected chi connectivity index (χ3v) is 7.06. The van der Waals surface area contributed by atoms with Gasteiger partial charge in [-0.15, -0.1) is 0 Å². The number of carbonyl (C=O) groups is 3. The summed E-state index contributed by atoms with van der Waals surface area (Å²) in [6.45, 7) is 4.33. The molecule has 1 heterocycles. The molecule has 3 aliphatic rings. The van der Waals surface area contributed by atoms with Gasteiger partial charge in [-0.2, -0.15) is 0 Å². The third-order valence-electron chi connectivity index (χ3n) is 7.06. The fraction of sp³-hybridized carbons (Fsp3) is 0.400. The second kappa shape index (κ2) is 7.36. The number of nitrogens with zero attached hydrogens (tertiary/aromatic N) is 1. The quantitative estimate of drug-likeness (QED) is 0.754. The van der Waals surface area contributed by atoms with Crippen LogP contribution >= 0.6 is 0 Å². The zero-order valence-electron chi connectivity index (χ0n) is 18.1. The number of amides is 2. The summed E-state index contributed by atoms with van der Waals surface area (Å²) in [5.74, 6) is -1.34. The number of carboxylic acids is 1. The maximum atomic E-state index is 12.9. The molecule has 1 aliphatic heterocycles. The molecule has 1 saturated carbocycles. The lowest BCUT2D eigenvalue weighted by Gasteiger charge is -2.31. The number of hydrogen-bond acceptors (Lipinski definition) is 4. The Hall–Kier alpha value is -3.35. The lowest BCUT2D eigenvalue weighted by Crippen LogP contribution is -2.56. The number of fused-ring (bicyclic) bond motifs is 4. The van der Waals surface area contributed by atoms with E-state index in [0.29, 0.717) is 13.1 Å². The molecule has 2 atom stereocenters. The molecule has 7 nitrogen and oxygen atoms in total. The lowest BCUT2D eigenvalue weighted by molar-refractivity contribution is -0.142. The number of hydrogen-bond donors (Lipinski definition) is 2. The van der Waals surface area contributed by atoms with Gasteiger partial charge in [0.2, 0.25) is 5.91 Å².